The van der Waals surface area contributed by atoms with Gasteiger partial charge in [-0.25, -0.2) is 13.4 Å². The number of hydrogen-bond acceptors (Lipinski definition) is 5. The van der Waals surface area contributed by atoms with E-state index < -0.39 is 22.0 Å². The van der Waals surface area contributed by atoms with Crippen LogP contribution in [0.25, 0.3) is 11.3 Å². The number of benzene rings is 1. The lowest BCUT2D eigenvalue weighted by Crippen LogP contribution is -2.54. The third-order valence-corrected chi connectivity index (χ3v) is 5.55. The topological polar surface area (TPSA) is 101 Å². The lowest BCUT2D eigenvalue weighted by atomic mass is 10.1. The van der Waals surface area contributed by atoms with Crippen molar-refractivity contribution < 1.29 is 22.7 Å². The van der Waals surface area contributed by atoms with Gasteiger partial charge in [0.15, 0.2) is 5.89 Å². The van der Waals surface area contributed by atoms with Crippen molar-refractivity contribution in [3.63, 3.8) is 0 Å². The molecule has 0 aliphatic carbocycles. The summed E-state index contributed by atoms with van der Waals surface area (Å²) in [4.78, 5) is 15.2. The van der Waals surface area contributed by atoms with Gasteiger partial charge in [-0.2, -0.15) is 4.31 Å². The van der Waals surface area contributed by atoms with Crippen LogP contribution in [0.1, 0.15) is 12.3 Å². The minimum Gasteiger partial charge on any atom is -0.480 e. The number of carboxylic acids is 1. The first-order chi connectivity index (χ1) is 10.4. The molecule has 1 aromatic carbocycles. The molecular weight excluding hydrogens is 308 g/mol. The molecule has 0 unspecified atom stereocenters. The zero-order valence-corrected chi connectivity index (χ0v) is 12.6. The van der Waals surface area contributed by atoms with E-state index in [2.05, 4.69) is 4.98 Å². The summed E-state index contributed by atoms with van der Waals surface area (Å²) in [5.41, 5.74) is 1.35. The summed E-state index contributed by atoms with van der Waals surface area (Å²) in [5, 5.41) is 8.98. The highest BCUT2D eigenvalue weighted by atomic mass is 32.2. The van der Waals surface area contributed by atoms with Crippen molar-refractivity contribution >= 4 is 16.0 Å². The van der Waals surface area contributed by atoms with E-state index in [-0.39, 0.29) is 11.4 Å². The Balaban J connectivity index is 1.88. The van der Waals surface area contributed by atoms with Gasteiger partial charge in [0, 0.05) is 19.0 Å². The summed E-state index contributed by atoms with van der Waals surface area (Å²) in [7, 11) is -3.78. The van der Waals surface area contributed by atoms with Gasteiger partial charge in [0.2, 0.25) is 10.0 Å². The Hall–Kier alpha value is -2.19. The molecule has 7 nitrogen and oxygen atoms in total. The molecule has 0 saturated carbocycles. The second-order valence-corrected chi connectivity index (χ2v) is 6.93. The normalized spacial score (nSPS) is 18.9. The molecule has 2 heterocycles. The third-order valence-electron chi connectivity index (χ3n) is 3.63. The molecule has 22 heavy (non-hydrogen) atoms. The first-order valence-electron chi connectivity index (χ1n) is 6.67. The van der Waals surface area contributed by atoms with E-state index >= 15 is 0 Å². The van der Waals surface area contributed by atoms with E-state index in [9.17, 15) is 13.2 Å². The van der Waals surface area contributed by atoms with Gasteiger partial charge in [-0.1, -0.05) is 12.1 Å². The van der Waals surface area contributed by atoms with Crippen molar-refractivity contribution in [1.82, 2.24) is 9.29 Å². The second kappa shape index (κ2) is 5.22. The van der Waals surface area contributed by atoms with Crippen LogP contribution in [0.15, 0.2) is 39.8 Å². The summed E-state index contributed by atoms with van der Waals surface area (Å²) >= 11 is 0. The molecule has 116 valence electrons. The molecule has 0 amide bonds. The van der Waals surface area contributed by atoms with Crippen molar-refractivity contribution in [2.45, 2.75) is 24.3 Å². The molecule has 1 N–H and O–H groups in total. The third kappa shape index (κ3) is 2.40. The Morgan fingerprint density at radius 2 is 2.05 bits per heavy atom. The molecule has 1 atom stereocenters. The number of carboxylic acid groups (broad SMARTS) is 1. The second-order valence-electron chi connectivity index (χ2n) is 5.03. The van der Waals surface area contributed by atoms with Crippen LogP contribution in [0.2, 0.25) is 0 Å². The van der Waals surface area contributed by atoms with E-state index in [1.54, 1.807) is 19.1 Å². The van der Waals surface area contributed by atoms with Gasteiger partial charge >= 0.3 is 5.97 Å². The maximum absolute atomic E-state index is 12.4. The molecule has 1 aliphatic heterocycles. The fraction of sp³-hybridized carbons (Fsp3) is 0.286. The van der Waals surface area contributed by atoms with Gasteiger partial charge in [-0.05, 0) is 18.6 Å². The maximum Gasteiger partial charge on any atom is 0.322 e. The zero-order chi connectivity index (χ0) is 15.9. The van der Waals surface area contributed by atoms with Crippen LogP contribution in [0, 0.1) is 6.92 Å². The molecule has 1 saturated heterocycles. The number of oxazole rings is 1. The van der Waals surface area contributed by atoms with E-state index in [1.165, 1.54) is 18.4 Å². The van der Waals surface area contributed by atoms with Crippen LogP contribution in [-0.2, 0) is 14.8 Å². The molecule has 0 radical (unpaired) electrons. The van der Waals surface area contributed by atoms with E-state index in [1.807, 2.05) is 0 Å². The highest BCUT2D eigenvalue weighted by Crippen LogP contribution is 2.28. The number of hydrogen-bond donors (Lipinski definition) is 1. The summed E-state index contributed by atoms with van der Waals surface area (Å²) in [5.74, 6) is -0.596. The molecule has 3 rings (SSSR count). The van der Waals surface area contributed by atoms with Crippen LogP contribution < -0.4 is 0 Å². The van der Waals surface area contributed by atoms with Gasteiger partial charge in [-0.3, -0.25) is 4.79 Å². The lowest BCUT2D eigenvalue weighted by Gasteiger charge is -2.36. The van der Waals surface area contributed by atoms with Gasteiger partial charge in [-0.15, -0.1) is 0 Å². The maximum atomic E-state index is 12.4. The van der Waals surface area contributed by atoms with Crippen molar-refractivity contribution in [2.75, 3.05) is 6.54 Å². The molecule has 0 bridgehead atoms. The molecule has 0 spiro atoms. The average Bonchev–Trinajstić information content (AvgIpc) is 2.83. The standard InChI is InChI=1S/C14H14N2O5S/c1-9-15-12(8-21-9)10-2-4-11(5-3-10)22(19,20)16-7-6-13(16)14(17)18/h2-5,8,13H,6-7H2,1H3,(H,17,18)/t13-/m0/s1. The number of carbonyl (C=O) groups is 1. The zero-order valence-electron chi connectivity index (χ0n) is 11.8. The Labute approximate surface area is 127 Å². The number of aromatic nitrogens is 1. The summed E-state index contributed by atoms with van der Waals surface area (Å²) in [6.45, 7) is 1.95. The quantitative estimate of drug-likeness (QED) is 0.915. The van der Waals surface area contributed by atoms with Crippen molar-refractivity contribution in [3.05, 3.63) is 36.4 Å². The molecule has 8 heteroatoms. The highest BCUT2D eigenvalue weighted by molar-refractivity contribution is 7.89. The van der Waals surface area contributed by atoms with Gasteiger partial charge < -0.3 is 9.52 Å². The van der Waals surface area contributed by atoms with Crippen molar-refractivity contribution in [2.24, 2.45) is 0 Å². The Morgan fingerprint density at radius 1 is 1.36 bits per heavy atom. The average molecular weight is 322 g/mol. The van der Waals surface area contributed by atoms with Crippen LogP contribution in [0.3, 0.4) is 0 Å². The molecule has 1 fully saturated rings. The van der Waals surface area contributed by atoms with Gasteiger partial charge in [0.05, 0.1) is 4.90 Å². The minimum absolute atomic E-state index is 0.0717. The van der Waals surface area contributed by atoms with Crippen LogP contribution >= 0.6 is 0 Å². The number of aryl methyl sites for hydroxylation is 1. The monoisotopic (exact) mass is 322 g/mol. The van der Waals surface area contributed by atoms with E-state index in [4.69, 9.17) is 9.52 Å². The highest BCUT2D eigenvalue weighted by Gasteiger charge is 2.42. The first kappa shape index (κ1) is 14.7. The molecule has 1 aromatic heterocycles. The number of sulfonamides is 1. The Morgan fingerprint density at radius 3 is 2.50 bits per heavy atom. The van der Waals surface area contributed by atoms with Gasteiger partial charge in [0.1, 0.15) is 18.0 Å². The van der Waals surface area contributed by atoms with Crippen molar-refractivity contribution in [1.29, 1.82) is 0 Å². The fourth-order valence-electron chi connectivity index (χ4n) is 2.33. The van der Waals surface area contributed by atoms with Crippen LogP contribution in [0.5, 0.6) is 0 Å². The van der Waals surface area contributed by atoms with E-state index in [0.717, 1.165) is 9.87 Å². The fourth-order valence-corrected chi connectivity index (χ4v) is 3.95. The van der Waals surface area contributed by atoms with Crippen molar-refractivity contribution in [3.8, 4) is 11.3 Å². The minimum atomic E-state index is -3.78. The largest absolute Gasteiger partial charge is 0.480 e. The lowest BCUT2D eigenvalue weighted by molar-refractivity contribution is -0.144. The van der Waals surface area contributed by atoms with Crippen LogP contribution in [-0.4, -0.2) is 41.4 Å². The number of aliphatic carboxylic acids is 1. The summed E-state index contributed by atoms with van der Waals surface area (Å²) in [6, 6.07) is 5.18. The Kier molecular flexibility index (Phi) is 3.50. The first-order valence-corrected chi connectivity index (χ1v) is 8.11. The SMILES string of the molecule is Cc1nc(-c2ccc(S(=O)(=O)N3CC[C@H]3C(=O)O)cc2)co1. The predicted molar refractivity (Wildman–Crippen MR) is 76.6 cm³/mol. The smallest absolute Gasteiger partial charge is 0.322 e. The predicted octanol–water partition coefficient (Wildman–Crippen LogP) is 1.50. The molecular formula is C14H14N2O5S. The summed E-state index contributed by atoms with van der Waals surface area (Å²) in [6.07, 6.45) is 1.83. The molecule has 1 aliphatic rings. The van der Waals surface area contributed by atoms with E-state index in [0.29, 0.717) is 18.0 Å². The Bertz CT molecular complexity index is 810. The number of nitrogens with zero attached hydrogens (tertiary/aromatic N) is 2. The summed E-state index contributed by atoms with van der Waals surface area (Å²) < 4.78 is 30.9. The van der Waals surface area contributed by atoms with Gasteiger partial charge in [0.25, 0.3) is 0 Å². The molecule has 2 aromatic rings. The van der Waals surface area contributed by atoms with Crippen LogP contribution in [0.4, 0.5) is 0 Å². The number of rotatable bonds is 4.